The molecule has 0 aliphatic heterocycles. The van der Waals surface area contributed by atoms with E-state index in [-0.39, 0.29) is 0 Å². The van der Waals surface area contributed by atoms with Gasteiger partial charge in [0.05, 0.1) is 0 Å². The Hall–Kier alpha value is -0.0400. The molecule has 0 amide bonds. The Balaban J connectivity index is 2.26. The molecule has 1 rings (SSSR count). The molecule has 1 saturated carbocycles. The van der Waals surface area contributed by atoms with Gasteiger partial charge in [-0.2, -0.15) is 0 Å². The van der Waals surface area contributed by atoms with E-state index in [1.165, 1.54) is 38.9 Å². The van der Waals surface area contributed by atoms with Crippen LogP contribution in [0.5, 0.6) is 0 Å². The fraction of sp³-hybridized carbons (Fsp3) is 1.00. The van der Waals surface area contributed by atoms with E-state index in [9.17, 15) is 0 Å². The summed E-state index contributed by atoms with van der Waals surface area (Å²) >= 11 is 0. The Morgan fingerprint density at radius 3 is 1.79 bits per heavy atom. The number of rotatable bonds is 6. The topological polar surface area (TPSA) is 3.24 Å². The Labute approximate surface area is 89.9 Å². The summed E-state index contributed by atoms with van der Waals surface area (Å²) in [6.45, 7) is 13.2. The van der Waals surface area contributed by atoms with Crippen LogP contribution >= 0.6 is 0 Å². The molecule has 0 heterocycles. The van der Waals surface area contributed by atoms with E-state index >= 15 is 0 Å². The van der Waals surface area contributed by atoms with Crippen LogP contribution in [0.15, 0.2) is 0 Å². The third-order valence-electron chi connectivity index (χ3n) is 2.99. The minimum absolute atomic E-state index is 0.814. The molecule has 1 aliphatic carbocycles. The van der Waals surface area contributed by atoms with Crippen molar-refractivity contribution in [3.63, 3.8) is 0 Å². The van der Waals surface area contributed by atoms with Gasteiger partial charge in [0.2, 0.25) is 0 Å². The molecular weight excluding hydrogens is 170 g/mol. The van der Waals surface area contributed by atoms with Gasteiger partial charge in [0.15, 0.2) is 0 Å². The predicted octanol–water partition coefficient (Wildman–Crippen LogP) is 3.40. The van der Waals surface area contributed by atoms with Gasteiger partial charge in [-0.3, -0.25) is 0 Å². The highest BCUT2D eigenvalue weighted by Gasteiger charge is 2.21. The van der Waals surface area contributed by atoms with Crippen molar-refractivity contribution >= 4 is 0 Å². The normalized spacial score (nSPS) is 18.2. The maximum absolute atomic E-state index is 2.68. The highest BCUT2D eigenvalue weighted by atomic mass is 15.1. The minimum atomic E-state index is 0.814. The fourth-order valence-electron chi connectivity index (χ4n) is 2.30. The molecule has 1 heteroatoms. The minimum Gasteiger partial charge on any atom is -0.303 e. The maximum atomic E-state index is 2.68. The zero-order valence-corrected chi connectivity index (χ0v) is 10.4. The van der Waals surface area contributed by atoms with Crippen LogP contribution in [0.25, 0.3) is 0 Å². The van der Waals surface area contributed by atoms with Crippen LogP contribution in [0.4, 0.5) is 0 Å². The molecule has 0 N–H and O–H groups in total. The highest BCUT2D eigenvalue weighted by Crippen LogP contribution is 2.27. The van der Waals surface area contributed by atoms with Gasteiger partial charge in [-0.25, -0.2) is 0 Å². The average Bonchev–Trinajstić information content (AvgIpc) is 1.94. The van der Waals surface area contributed by atoms with Crippen molar-refractivity contribution in [2.75, 3.05) is 19.6 Å². The Morgan fingerprint density at radius 2 is 1.50 bits per heavy atom. The monoisotopic (exact) mass is 197 g/mol. The van der Waals surface area contributed by atoms with Crippen molar-refractivity contribution in [3.8, 4) is 0 Å². The zero-order chi connectivity index (χ0) is 10.6. The first-order valence-corrected chi connectivity index (χ1v) is 6.30. The lowest BCUT2D eigenvalue weighted by Gasteiger charge is -2.34. The first kappa shape index (κ1) is 12.0. The van der Waals surface area contributed by atoms with Crippen LogP contribution in [-0.2, 0) is 0 Å². The van der Waals surface area contributed by atoms with Crippen molar-refractivity contribution in [2.24, 2.45) is 17.8 Å². The summed E-state index contributed by atoms with van der Waals surface area (Å²) in [5, 5.41) is 0. The number of nitrogens with zero attached hydrogens (tertiary/aromatic N) is 1. The van der Waals surface area contributed by atoms with Gasteiger partial charge in [-0.1, -0.05) is 34.1 Å². The molecule has 14 heavy (non-hydrogen) atoms. The van der Waals surface area contributed by atoms with Gasteiger partial charge in [0.25, 0.3) is 0 Å². The van der Waals surface area contributed by atoms with Gasteiger partial charge >= 0.3 is 0 Å². The molecule has 0 saturated heterocycles. The molecule has 1 aliphatic rings. The van der Waals surface area contributed by atoms with Gasteiger partial charge in [0.1, 0.15) is 0 Å². The van der Waals surface area contributed by atoms with Crippen molar-refractivity contribution in [1.29, 1.82) is 0 Å². The van der Waals surface area contributed by atoms with E-state index in [4.69, 9.17) is 0 Å². The summed E-state index contributed by atoms with van der Waals surface area (Å²) in [5.41, 5.74) is 0. The maximum Gasteiger partial charge on any atom is 0.000988 e. The summed E-state index contributed by atoms with van der Waals surface area (Å²) in [6.07, 6.45) is 4.43. The van der Waals surface area contributed by atoms with E-state index < -0.39 is 0 Å². The molecule has 0 radical (unpaired) electrons. The van der Waals surface area contributed by atoms with Crippen molar-refractivity contribution < 1.29 is 0 Å². The van der Waals surface area contributed by atoms with Crippen LogP contribution < -0.4 is 0 Å². The molecule has 0 aromatic heterocycles. The van der Waals surface area contributed by atoms with Crippen LogP contribution in [-0.4, -0.2) is 24.5 Å². The van der Waals surface area contributed by atoms with Gasteiger partial charge in [-0.15, -0.1) is 0 Å². The van der Waals surface area contributed by atoms with Crippen molar-refractivity contribution in [1.82, 2.24) is 4.90 Å². The van der Waals surface area contributed by atoms with Gasteiger partial charge in [0, 0.05) is 19.6 Å². The van der Waals surface area contributed by atoms with Crippen LogP contribution in [0.1, 0.15) is 47.0 Å². The summed E-state index contributed by atoms with van der Waals surface area (Å²) in [6, 6.07) is 0. The molecule has 0 aromatic carbocycles. The van der Waals surface area contributed by atoms with Crippen LogP contribution in [0, 0.1) is 17.8 Å². The van der Waals surface area contributed by atoms with Crippen LogP contribution in [0.2, 0.25) is 0 Å². The lowest BCUT2D eigenvalue weighted by Crippen LogP contribution is -2.37. The lowest BCUT2D eigenvalue weighted by molar-refractivity contribution is 0.150. The van der Waals surface area contributed by atoms with Gasteiger partial charge < -0.3 is 4.90 Å². The van der Waals surface area contributed by atoms with E-state index in [1.807, 2.05) is 0 Å². The molecule has 0 aromatic rings. The Morgan fingerprint density at radius 1 is 1.00 bits per heavy atom. The quantitative estimate of drug-likeness (QED) is 0.631. The summed E-state index contributed by atoms with van der Waals surface area (Å²) < 4.78 is 0. The predicted molar refractivity (Wildman–Crippen MR) is 63.5 cm³/mol. The number of hydrogen-bond donors (Lipinski definition) is 0. The summed E-state index contributed by atoms with van der Waals surface area (Å²) in [5.74, 6) is 2.65. The SMILES string of the molecule is CC(C)CN(CC(C)C)CC1CCC1. The van der Waals surface area contributed by atoms with E-state index in [1.54, 1.807) is 0 Å². The molecule has 84 valence electrons. The van der Waals surface area contributed by atoms with E-state index in [0.717, 1.165) is 17.8 Å². The Bertz CT molecular complexity index is 137. The second-order valence-electron chi connectivity index (χ2n) is 5.80. The first-order valence-electron chi connectivity index (χ1n) is 6.30. The molecule has 1 fully saturated rings. The fourth-order valence-corrected chi connectivity index (χ4v) is 2.30. The Kier molecular flexibility index (Phi) is 4.94. The lowest BCUT2D eigenvalue weighted by atomic mass is 9.85. The standard InChI is InChI=1S/C13H27N/c1-11(2)8-14(9-12(3)4)10-13-6-5-7-13/h11-13H,5-10H2,1-4H3. The van der Waals surface area contributed by atoms with Crippen molar-refractivity contribution in [3.05, 3.63) is 0 Å². The molecule has 1 nitrogen and oxygen atoms in total. The zero-order valence-electron chi connectivity index (χ0n) is 10.4. The molecular formula is C13H27N. The van der Waals surface area contributed by atoms with Crippen molar-refractivity contribution in [2.45, 2.75) is 47.0 Å². The molecule has 0 bridgehead atoms. The third kappa shape index (κ3) is 4.45. The van der Waals surface area contributed by atoms with Crippen LogP contribution in [0.3, 0.4) is 0 Å². The molecule has 0 unspecified atom stereocenters. The summed E-state index contributed by atoms with van der Waals surface area (Å²) in [4.78, 5) is 2.68. The van der Waals surface area contributed by atoms with E-state index in [2.05, 4.69) is 32.6 Å². The highest BCUT2D eigenvalue weighted by molar-refractivity contribution is 4.74. The van der Waals surface area contributed by atoms with Gasteiger partial charge in [-0.05, 0) is 30.6 Å². The molecule has 0 atom stereocenters. The first-order chi connectivity index (χ1) is 6.58. The van der Waals surface area contributed by atoms with E-state index in [0.29, 0.717) is 0 Å². The number of hydrogen-bond acceptors (Lipinski definition) is 1. The second kappa shape index (κ2) is 5.75. The average molecular weight is 197 g/mol. The third-order valence-corrected chi connectivity index (χ3v) is 2.99. The second-order valence-corrected chi connectivity index (χ2v) is 5.80. The smallest absolute Gasteiger partial charge is 0.000988 e. The summed E-state index contributed by atoms with van der Waals surface area (Å²) in [7, 11) is 0. The molecule has 0 spiro atoms. The largest absolute Gasteiger partial charge is 0.303 e.